The van der Waals surface area contributed by atoms with Crippen molar-refractivity contribution in [1.29, 1.82) is 0 Å². The summed E-state index contributed by atoms with van der Waals surface area (Å²) in [6.07, 6.45) is 4.86. The summed E-state index contributed by atoms with van der Waals surface area (Å²) in [6, 6.07) is 4.52. The molecule has 0 spiro atoms. The molecule has 0 N–H and O–H groups in total. The first-order chi connectivity index (χ1) is 11.5. The normalized spacial score (nSPS) is 18.5. The van der Waals surface area contributed by atoms with Crippen molar-refractivity contribution < 1.29 is 17.9 Å². The maximum absolute atomic E-state index is 12.9. The third kappa shape index (κ3) is 3.45. The van der Waals surface area contributed by atoms with Crippen molar-refractivity contribution in [1.82, 2.24) is 14.3 Å². The molecule has 24 heavy (non-hydrogen) atoms. The van der Waals surface area contributed by atoms with Crippen LogP contribution >= 0.6 is 11.6 Å². The third-order valence-electron chi connectivity index (χ3n) is 3.68. The first-order valence-corrected chi connectivity index (χ1v) is 9.09. The van der Waals surface area contributed by atoms with Crippen LogP contribution in [0.25, 0.3) is 0 Å². The van der Waals surface area contributed by atoms with Crippen LogP contribution in [0.4, 0.5) is 0 Å². The molecule has 1 unspecified atom stereocenters. The molecule has 7 nitrogen and oxygen atoms in total. The summed E-state index contributed by atoms with van der Waals surface area (Å²) in [5.74, 6) is 0.639. The molecule has 0 aliphatic carbocycles. The summed E-state index contributed by atoms with van der Waals surface area (Å²) in [6.45, 7) is 0.581. The highest BCUT2D eigenvalue weighted by atomic mass is 35.5. The van der Waals surface area contributed by atoms with E-state index < -0.39 is 10.0 Å². The second-order valence-electron chi connectivity index (χ2n) is 5.23. The molecular weight excluding hydrogens is 354 g/mol. The molecule has 2 heterocycles. The van der Waals surface area contributed by atoms with Gasteiger partial charge < -0.3 is 9.47 Å². The molecule has 0 amide bonds. The highest BCUT2D eigenvalue weighted by Crippen LogP contribution is 2.31. The minimum absolute atomic E-state index is 0.0534. The zero-order valence-electron chi connectivity index (χ0n) is 12.9. The van der Waals surface area contributed by atoms with Gasteiger partial charge in [-0.15, -0.1) is 0 Å². The maximum Gasteiger partial charge on any atom is 0.246 e. The zero-order valence-corrected chi connectivity index (χ0v) is 14.5. The lowest BCUT2D eigenvalue weighted by Crippen LogP contribution is -2.31. The number of methoxy groups -OCH3 is 1. The van der Waals surface area contributed by atoms with E-state index in [0.717, 1.165) is 0 Å². The van der Waals surface area contributed by atoms with Gasteiger partial charge in [-0.05, 0) is 24.6 Å². The first kappa shape index (κ1) is 16.9. The van der Waals surface area contributed by atoms with E-state index in [1.54, 1.807) is 18.3 Å². The standard InChI is InChI=1S/C15H16ClN3O4S/c1-22-13-3-2-11(16)8-14(13)24(20,21)19-7-4-12(10-19)23-15-9-17-5-6-18-15/h2-3,5-6,8-9,12H,4,7,10H2,1H3. The van der Waals surface area contributed by atoms with Crippen LogP contribution < -0.4 is 9.47 Å². The fourth-order valence-electron chi connectivity index (χ4n) is 2.52. The lowest BCUT2D eigenvalue weighted by Gasteiger charge is -2.18. The predicted molar refractivity (Wildman–Crippen MR) is 87.8 cm³/mol. The van der Waals surface area contributed by atoms with Crippen molar-refractivity contribution in [3.05, 3.63) is 41.8 Å². The third-order valence-corrected chi connectivity index (χ3v) is 5.80. The van der Waals surface area contributed by atoms with E-state index in [1.807, 2.05) is 0 Å². The number of sulfonamides is 1. The minimum Gasteiger partial charge on any atom is -0.495 e. The topological polar surface area (TPSA) is 81.6 Å². The van der Waals surface area contributed by atoms with Gasteiger partial charge in [0.15, 0.2) is 0 Å². The van der Waals surface area contributed by atoms with E-state index in [2.05, 4.69) is 9.97 Å². The lowest BCUT2D eigenvalue weighted by molar-refractivity contribution is 0.206. The van der Waals surface area contributed by atoms with Crippen LogP contribution in [-0.2, 0) is 10.0 Å². The molecule has 0 bridgehead atoms. The molecule has 1 saturated heterocycles. The maximum atomic E-state index is 12.9. The molecule has 1 atom stereocenters. The molecule has 128 valence electrons. The number of hydrogen-bond donors (Lipinski definition) is 0. The number of rotatable bonds is 5. The summed E-state index contributed by atoms with van der Waals surface area (Å²) in [4.78, 5) is 8.01. The van der Waals surface area contributed by atoms with Crippen molar-refractivity contribution >= 4 is 21.6 Å². The minimum atomic E-state index is -3.72. The highest BCUT2D eigenvalue weighted by molar-refractivity contribution is 7.89. The molecule has 1 aromatic heterocycles. The molecule has 1 aliphatic heterocycles. The quantitative estimate of drug-likeness (QED) is 0.801. The second-order valence-corrected chi connectivity index (χ2v) is 7.57. The molecule has 0 radical (unpaired) electrons. The van der Waals surface area contributed by atoms with Crippen LogP contribution in [-0.4, -0.2) is 49.0 Å². The second kappa shape index (κ2) is 6.92. The highest BCUT2D eigenvalue weighted by Gasteiger charge is 2.35. The Morgan fingerprint density at radius 1 is 1.33 bits per heavy atom. The van der Waals surface area contributed by atoms with Crippen molar-refractivity contribution in [2.45, 2.75) is 17.4 Å². The zero-order chi connectivity index (χ0) is 17.2. The Kier molecular flexibility index (Phi) is 4.88. The van der Waals surface area contributed by atoms with Crippen LogP contribution in [0, 0.1) is 0 Å². The fourth-order valence-corrected chi connectivity index (χ4v) is 4.43. The molecule has 0 saturated carbocycles. The van der Waals surface area contributed by atoms with Gasteiger partial charge in [0.05, 0.1) is 19.9 Å². The average Bonchev–Trinajstić information content (AvgIpc) is 3.05. The number of nitrogens with zero attached hydrogens (tertiary/aromatic N) is 3. The van der Waals surface area contributed by atoms with E-state index in [4.69, 9.17) is 21.1 Å². The van der Waals surface area contributed by atoms with Crippen molar-refractivity contribution in [2.24, 2.45) is 0 Å². The van der Waals surface area contributed by atoms with E-state index >= 15 is 0 Å². The van der Waals surface area contributed by atoms with Gasteiger partial charge in [0.25, 0.3) is 0 Å². The van der Waals surface area contributed by atoms with Gasteiger partial charge in [-0.25, -0.2) is 13.4 Å². The predicted octanol–water partition coefficient (Wildman–Crippen LogP) is 1.98. The molecule has 1 aliphatic rings. The Morgan fingerprint density at radius 2 is 2.17 bits per heavy atom. The fraction of sp³-hybridized carbons (Fsp3) is 0.333. The molecule has 9 heteroatoms. The number of hydrogen-bond acceptors (Lipinski definition) is 6. The van der Waals surface area contributed by atoms with E-state index in [-0.39, 0.29) is 23.3 Å². The van der Waals surface area contributed by atoms with E-state index in [9.17, 15) is 8.42 Å². The monoisotopic (exact) mass is 369 g/mol. The van der Waals surface area contributed by atoms with Gasteiger partial charge in [-0.1, -0.05) is 11.6 Å². The van der Waals surface area contributed by atoms with Crippen LogP contribution in [0.2, 0.25) is 5.02 Å². The summed E-state index contributed by atoms with van der Waals surface area (Å²) in [5, 5.41) is 0.334. The Labute approximate surface area is 145 Å². The summed E-state index contributed by atoms with van der Waals surface area (Å²) in [7, 11) is -2.30. The van der Waals surface area contributed by atoms with Gasteiger partial charge >= 0.3 is 0 Å². The smallest absolute Gasteiger partial charge is 0.246 e. The Bertz CT molecular complexity index is 817. The lowest BCUT2D eigenvalue weighted by atomic mass is 10.3. The molecule has 1 fully saturated rings. The van der Waals surface area contributed by atoms with E-state index in [1.165, 1.54) is 29.9 Å². The van der Waals surface area contributed by atoms with Crippen LogP contribution in [0.3, 0.4) is 0 Å². The van der Waals surface area contributed by atoms with Gasteiger partial charge in [-0.2, -0.15) is 4.31 Å². The summed E-state index contributed by atoms with van der Waals surface area (Å²) < 4.78 is 37.9. The average molecular weight is 370 g/mol. The number of benzene rings is 1. The number of aromatic nitrogens is 2. The summed E-state index contributed by atoms with van der Waals surface area (Å²) in [5.41, 5.74) is 0. The van der Waals surface area contributed by atoms with Crippen molar-refractivity contribution in [3.63, 3.8) is 0 Å². The largest absolute Gasteiger partial charge is 0.495 e. The van der Waals surface area contributed by atoms with Gasteiger partial charge in [0.1, 0.15) is 16.7 Å². The van der Waals surface area contributed by atoms with Gasteiger partial charge in [0.2, 0.25) is 15.9 Å². The van der Waals surface area contributed by atoms with Gasteiger partial charge in [-0.3, -0.25) is 4.98 Å². The number of halogens is 1. The SMILES string of the molecule is COc1ccc(Cl)cc1S(=O)(=O)N1CCC(Oc2cnccn2)C1. The Morgan fingerprint density at radius 3 is 2.88 bits per heavy atom. The van der Waals surface area contributed by atoms with Crippen molar-refractivity contribution in [3.8, 4) is 11.6 Å². The van der Waals surface area contributed by atoms with Crippen LogP contribution in [0.5, 0.6) is 11.6 Å². The first-order valence-electron chi connectivity index (χ1n) is 7.27. The molecule has 2 aromatic rings. The summed E-state index contributed by atoms with van der Waals surface area (Å²) >= 11 is 5.94. The molecular formula is C15H16ClN3O4S. The van der Waals surface area contributed by atoms with E-state index in [0.29, 0.717) is 23.9 Å². The Hall–Kier alpha value is -1.90. The molecule has 1 aromatic carbocycles. The van der Waals surface area contributed by atoms with Crippen LogP contribution in [0.15, 0.2) is 41.7 Å². The molecule has 3 rings (SSSR count). The van der Waals surface area contributed by atoms with Gasteiger partial charge in [0, 0.05) is 24.0 Å². The van der Waals surface area contributed by atoms with Crippen molar-refractivity contribution in [2.75, 3.05) is 20.2 Å². The number of ether oxygens (including phenoxy) is 2. The van der Waals surface area contributed by atoms with Crippen LogP contribution in [0.1, 0.15) is 6.42 Å². The Balaban J connectivity index is 1.78.